The van der Waals surface area contributed by atoms with Gasteiger partial charge in [-0.2, -0.15) is 0 Å². The van der Waals surface area contributed by atoms with Crippen LogP contribution in [0.2, 0.25) is 5.02 Å². The molecule has 0 heterocycles. The number of nitrogens with one attached hydrogen (secondary N) is 1. The summed E-state index contributed by atoms with van der Waals surface area (Å²) in [5, 5.41) is 3.60. The van der Waals surface area contributed by atoms with E-state index in [1.54, 1.807) is 18.2 Å². The van der Waals surface area contributed by atoms with Crippen LogP contribution in [0, 0.1) is 17.5 Å². The molecule has 0 aromatic heterocycles. The van der Waals surface area contributed by atoms with E-state index in [1.165, 1.54) is 0 Å². The van der Waals surface area contributed by atoms with Gasteiger partial charge in [0.2, 0.25) is 0 Å². The van der Waals surface area contributed by atoms with Crippen molar-refractivity contribution in [3.05, 3.63) is 58.4 Å². The number of rotatable bonds is 4. The topological polar surface area (TPSA) is 15.3 Å². The molecule has 1 N–H and O–H groups in total. The minimum Gasteiger partial charge on any atom is -0.379 e. The Balaban J connectivity index is 2.23. The van der Waals surface area contributed by atoms with Crippen molar-refractivity contribution in [2.75, 3.05) is 24.3 Å². The Morgan fingerprint density at radius 3 is 2.29 bits per heavy atom. The molecule has 112 valence electrons. The van der Waals surface area contributed by atoms with Crippen LogP contribution in [0.5, 0.6) is 0 Å². The van der Waals surface area contributed by atoms with E-state index in [1.807, 2.05) is 19.0 Å². The predicted octanol–water partition coefficient (Wildman–Crippen LogP) is 4.44. The Labute approximate surface area is 126 Å². The molecule has 0 unspecified atom stereocenters. The number of hydrogen-bond acceptors (Lipinski definition) is 2. The van der Waals surface area contributed by atoms with Crippen molar-refractivity contribution in [1.29, 1.82) is 0 Å². The third-order valence-corrected chi connectivity index (χ3v) is 3.27. The lowest BCUT2D eigenvalue weighted by Crippen LogP contribution is -2.13. The highest BCUT2D eigenvalue weighted by molar-refractivity contribution is 6.34. The molecule has 2 aromatic carbocycles. The van der Waals surface area contributed by atoms with Crippen LogP contribution in [0.3, 0.4) is 0 Å². The maximum atomic E-state index is 13.2. The van der Waals surface area contributed by atoms with Crippen LogP contribution in [-0.2, 0) is 6.54 Å². The maximum Gasteiger partial charge on any atom is 0.194 e. The molecule has 0 spiro atoms. The lowest BCUT2D eigenvalue weighted by molar-refractivity contribution is 0.445. The molecule has 0 saturated heterocycles. The molecule has 2 rings (SSSR count). The fraction of sp³-hybridized carbons (Fsp3) is 0.200. The molecule has 0 aliphatic heterocycles. The molecule has 21 heavy (non-hydrogen) atoms. The zero-order valence-corrected chi connectivity index (χ0v) is 12.3. The summed E-state index contributed by atoms with van der Waals surface area (Å²) in [4.78, 5) is 1.83. The van der Waals surface area contributed by atoms with Gasteiger partial charge in [-0.05, 0) is 29.8 Å². The minimum absolute atomic E-state index is 0.148. The van der Waals surface area contributed by atoms with Gasteiger partial charge in [-0.3, -0.25) is 0 Å². The SMILES string of the molecule is CN(C)c1c(Cl)cccc1NCc1cc(F)c(F)c(F)c1. The highest BCUT2D eigenvalue weighted by Gasteiger charge is 2.12. The van der Waals surface area contributed by atoms with Crippen LogP contribution in [0.1, 0.15) is 5.56 Å². The Morgan fingerprint density at radius 1 is 1.10 bits per heavy atom. The van der Waals surface area contributed by atoms with Gasteiger partial charge in [0.05, 0.1) is 16.4 Å². The first-order chi connectivity index (χ1) is 9.90. The van der Waals surface area contributed by atoms with Crippen molar-refractivity contribution in [2.24, 2.45) is 0 Å². The normalized spacial score (nSPS) is 10.6. The Kier molecular flexibility index (Phi) is 4.63. The zero-order chi connectivity index (χ0) is 15.6. The Hall–Kier alpha value is -1.88. The van der Waals surface area contributed by atoms with E-state index >= 15 is 0 Å². The van der Waals surface area contributed by atoms with Crippen LogP contribution in [-0.4, -0.2) is 14.1 Å². The summed E-state index contributed by atoms with van der Waals surface area (Å²) in [5.41, 5.74) is 1.79. The molecule has 0 aliphatic carbocycles. The summed E-state index contributed by atoms with van der Waals surface area (Å²) in [7, 11) is 3.67. The first kappa shape index (κ1) is 15.5. The first-order valence-corrected chi connectivity index (χ1v) is 6.61. The second-order valence-corrected chi connectivity index (χ2v) is 5.16. The summed E-state index contributed by atoms with van der Waals surface area (Å²) < 4.78 is 39.2. The Morgan fingerprint density at radius 2 is 1.71 bits per heavy atom. The van der Waals surface area contributed by atoms with E-state index in [-0.39, 0.29) is 6.54 Å². The molecule has 0 bridgehead atoms. The lowest BCUT2D eigenvalue weighted by atomic mass is 10.2. The highest BCUT2D eigenvalue weighted by Crippen LogP contribution is 2.32. The first-order valence-electron chi connectivity index (χ1n) is 6.23. The molecule has 0 aliphatic rings. The van der Waals surface area contributed by atoms with Crippen LogP contribution in [0.15, 0.2) is 30.3 Å². The molecule has 0 fully saturated rings. The highest BCUT2D eigenvalue weighted by atomic mass is 35.5. The second kappa shape index (κ2) is 6.26. The van der Waals surface area contributed by atoms with Gasteiger partial charge in [-0.1, -0.05) is 17.7 Å². The van der Waals surface area contributed by atoms with E-state index in [0.29, 0.717) is 10.6 Å². The standard InChI is InChI=1S/C15H14ClF3N2/c1-21(2)15-10(16)4-3-5-13(15)20-8-9-6-11(17)14(19)12(18)7-9/h3-7,20H,8H2,1-2H3. The van der Waals surface area contributed by atoms with Gasteiger partial charge in [-0.15, -0.1) is 0 Å². The fourth-order valence-corrected chi connectivity index (χ4v) is 2.36. The van der Waals surface area contributed by atoms with Gasteiger partial charge >= 0.3 is 0 Å². The summed E-state index contributed by atoms with van der Waals surface area (Å²) in [6.45, 7) is 0.148. The van der Waals surface area contributed by atoms with Gasteiger partial charge < -0.3 is 10.2 Å². The van der Waals surface area contributed by atoms with E-state index in [9.17, 15) is 13.2 Å². The molecule has 2 nitrogen and oxygen atoms in total. The number of benzene rings is 2. The van der Waals surface area contributed by atoms with E-state index in [0.717, 1.165) is 23.5 Å². The molecular weight excluding hydrogens is 301 g/mol. The molecular formula is C15H14ClF3N2. The third kappa shape index (κ3) is 3.42. The molecule has 0 saturated carbocycles. The molecule has 0 amide bonds. The number of hydrogen-bond donors (Lipinski definition) is 1. The maximum absolute atomic E-state index is 13.2. The van der Waals surface area contributed by atoms with Crippen molar-refractivity contribution >= 4 is 23.0 Å². The number of halogens is 4. The summed E-state index contributed by atoms with van der Waals surface area (Å²) in [6, 6.07) is 7.25. The molecule has 0 atom stereocenters. The van der Waals surface area contributed by atoms with Crippen LogP contribution in [0.4, 0.5) is 24.5 Å². The van der Waals surface area contributed by atoms with Crippen molar-refractivity contribution in [2.45, 2.75) is 6.54 Å². The van der Waals surface area contributed by atoms with Gasteiger partial charge in [0.25, 0.3) is 0 Å². The quantitative estimate of drug-likeness (QED) is 0.840. The largest absolute Gasteiger partial charge is 0.379 e. The van der Waals surface area contributed by atoms with Crippen LogP contribution >= 0.6 is 11.6 Å². The lowest BCUT2D eigenvalue weighted by Gasteiger charge is -2.20. The summed E-state index contributed by atoms with van der Waals surface area (Å²) >= 11 is 6.13. The van der Waals surface area contributed by atoms with Gasteiger partial charge in [0.15, 0.2) is 17.5 Å². The van der Waals surface area contributed by atoms with E-state index in [2.05, 4.69) is 5.32 Å². The summed E-state index contributed by atoms with van der Waals surface area (Å²) in [6.07, 6.45) is 0. The molecule has 6 heteroatoms. The van der Waals surface area contributed by atoms with Gasteiger partial charge in [-0.25, -0.2) is 13.2 Å². The van der Waals surface area contributed by atoms with E-state index in [4.69, 9.17) is 11.6 Å². The van der Waals surface area contributed by atoms with E-state index < -0.39 is 17.5 Å². The third-order valence-electron chi connectivity index (χ3n) is 2.96. The molecule has 2 aromatic rings. The average molecular weight is 315 g/mol. The average Bonchev–Trinajstić information content (AvgIpc) is 2.41. The van der Waals surface area contributed by atoms with Gasteiger partial charge in [0.1, 0.15) is 0 Å². The monoisotopic (exact) mass is 314 g/mol. The zero-order valence-electron chi connectivity index (χ0n) is 11.6. The predicted molar refractivity (Wildman–Crippen MR) is 79.4 cm³/mol. The smallest absolute Gasteiger partial charge is 0.194 e. The van der Waals surface area contributed by atoms with Crippen molar-refractivity contribution in [1.82, 2.24) is 0 Å². The number of anilines is 2. The number of para-hydroxylation sites is 1. The second-order valence-electron chi connectivity index (χ2n) is 4.76. The van der Waals surface area contributed by atoms with Crippen LogP contribution < -0.4 is 10.2 Å². The fourth-order valence-electron chi connectivity index (χ4n) is 2.02. The minimum atomic E-state index is -1.46. The van der Waals surface area contributed by atoms with Crippen molar-refractivity contribution in [3.63, 3.8) is 0 Å². The van der Waals surface area contributed by atoms with Crippen molar-refractivity contribution < 1.29 is 13.2 Å². The number of nitrogens with zero attached hydrogens (tertiary/aromatic N) is 1. The van der Waals surface area contributed by atoms with Crippen molar-refractivity contribution in [3.8, 4) is 0 Å². The van der Waals surface area contributed by atoms with Gasteiger partial charge in [0, 0.05) is 20.6 Å². The Bertz CT molecular complexity index is 636. The molecule has 0 radical (unpaired) electrons. The summed E-state index contributed by atoms with van der Waals surface area (Å²) in [5.74, 6) is -3.87. The van der Waals surface area contributed by atoms with Crippen LogP contribution in [0.25, 0.3) is 0 Å².